The summed E-state index contributed by atoms with van der Waals surface area (Å²) < 4.78 is 3.02. The molecule has 0 fully saturated rings. The largest absolute Gasteiger partial charge is 0.409 e. The van der Waals surface area contributed by atoms with Gasteiger partial charge in [-0.25, -0.2) is 4.98 Å². The van der Waals surface area contributed by atoms with Crippen molar-refractivity contribution in [2.24, 2.45) is 10.9 Å². The summed E-state index contributed by atoms with van der Waals surface area (Å²) in [7, 11) is 0. The first-order chi connectivity index (χ1) is 9.70. The van der Waals surface area contributed by atoms with E-state index in [-0.39, 0.29) is 5.84 Å². The summed E-state index contributed by atoms with van der Waals surface area (Å²) in [6, 6.07) is 5.64. The normalized spacial score (nSPS) is 15.2. The SMILES string of the molecule is N/C(=N/O)c1ccc(-n2cnc3c2CCCC3)c(Br)c1. The molecule has 3 N–H and O–H groups in total. The fraction of sp³-hybridized carbons (Fsp3) is 0.286. The quantitative estimate of drug-likeness (QED) is 0.383. The van der Waals surface area contributed by atoms with Crippen molar-refractivity contribution in [1.29, 1.82) is 0 Å². The molecule has 1 aromatic carbocycles. The number of aryl methyl sites for hydroxylation is 1. The Morgan fingerprint density at radius 2 is 2.15 bits per heavy atom. The van der Waals surface area contributed by atoms with Gasteiger partial charge in [-0.1, -0.05) is 5.16 Å². The number of hydrogen-bond donors (Lipinski definition) is 2. The summed E-state index contributed by atoms with van der Waals surface area (Å²) >= 11 is 3.55. The number of fused-ring (bicyclic) bond motifs is 1. The minimum atomic E-state index is 0.102. The molecule has 0 saturated carbocycles. The van der Waals surface area contributed by atoms with Crippen molar-refractivity contribution in [3.63, 3.8) is 0 Å². The Morgan fingerprint density at radius 3 is 2.90 bits per heavy atom. The number of imidazole rings is 1. The van der Waals surface area contributed by atoms with Crippen LogP contribution in [0.25, 0.3) is 5.69 Å². The highest BCUT2D eigenvalue weighted by atomic mass is 79.9. The van der Waals surface area contributed by atoms with E-state index in [0.29, 0.717) is 5.56 Å². The average molecular weight is 335 g/mol. The van der Waals surface area contributed by atoms with E-state index in [2.05, 4.69) is 30.6 Å². The van der Waals surface area contributed by atoms with Crippen LogP contribution in [0.4, 0.5) is 0 Å². The number of rotatable bonds is 2. The van der Waals surface area contributed by atoms with Gasteiger partial charge >= 0.3 is 0 Å². The molecule has 1 aliphatic carbocycles. The lowest BCUT2D eigenvalue weighted by molar-refractivity contribution is 0.318. The molecule has 6 heteroatoms. The number of nitrogens with zero attached hydrogens (tertiary/aromatic N) is 3. The number of aromatic nitrogens is 2. The third-order valence-electron chi connectivity index (χ3n) is 3.64. The first kappa shape index (κ1) is 13.2. The molecule has 1 heterocycles. The maximum atomic E-state index is 8.72. The van der Waals surface area contributed by atoms with Gasteiger partial charge in [0, 0.05) is 15.7 Å². The summed E-state index contributed by atoms with van der Waals surface area (Å²) in [4.78, 5) is 4.50. The molecule has 0 atom stereocenters. The second kappa shape index (κ2) is 5.28. The average Bonchev–Trinajstić information content (AvgIpc) is 2.90. The zero-order chi connectivity index (χ0) is 14.1. The van der Waals surface area contributed by atoms with E-state index in [4.69, 9.17) is 10.9 Å². The van der Waals surface area contributed by atoms with Crippen LogP contribution < -0.4 is 5.73 Å². The fourth-order valence-corrected chi connectivity index (χ4v) is 3.17. The van der Waals surface area contributed by atoms with Crippen LogP contribution in [0, 0.1) is 0 Å². The van der Waals surface area contributed by atoms with E-state index in [1.807, 2.05) is 24.5 Å². The molecule has 0 radical (unpaired) electrons. The molecule has 2 aromatic rings. The molecule has 0 amide bonds. The van der Waals surface area contributed by atoms with Crippen molar-refractivity contribution in [2.75, 3.05) is 0 Å². The summed E-state index contributed by atoms with van der Waals surface area (Å²) in [6.45, 7) is 0. The highest BCUT2D eigenvalue weighted by Crippen LogP contribution is 2.28. The van der Waals surface area contributed by atoms with Crippen molar-refractivity contribution >= 4 is 21.8 Å². The zero-order valence-corrected chi connectivity index (χ0v) is 12.5. The van der Waals surface area contributed by atoms with Crippen LogP contribution in [0.2, 0.25) is 0 Å². The lowest BCUT2D eigenvalue weighted by atomic mass is 10.0. The first-order valence-corrected chi connectivity index (χ1v) is 7.33. The number of oxime groups is 1. The van der Waals surface area contributed by atoms with Crippen LogP contribution in [0.5, 0.6) is 0 Å². The van der Waals surface area contributed by atoms with Crippen LogP contribution in [0.1, 0.15) is 29.8 Å². The fourth-order valence-electron chi connectivity index (χ4n) is 2.60. The van der Waals surface area contributed by atoms with Gasteiger partial charge in [-0.2, -0.15) is 0 Å². The van der Waals surface area contributed by atoms with E-state index in [9.17, 15) is 0 Å². The molecule has 1 aromatic heterocycles. The van der Waals surface area contributed by atoms with Gasteiger partial charge in [-0.15, -0.1) is 0 Å². The number of benzene rings is 1. The molecule has 5 nitrogen and oxygen atoms in total. The van der Waals surface area contributed by atoms with E-state index >= 15 is 0 Å². The number of amidine groups is 1. The van der Waals surface area contributed by atoms with E-state index in [1.54, 1.807) is 0 Å². The zero-order valence-electron chi connectivity index (χ0n) is 10.9. The van der Waals surface area contributed by atoms with Crippen molar-refractivity contribution < 1.29 is 5.21 Å². The Kier molecular flexibility index (Phi) is 3.48. The maximum absolute atomic E-state index is 8.72. The predicted octanol–water partition coefficient (Wildman–Crippen LogP) is 2.61. The second-order valence-electron chi connectivity index (χ2n) is 4.87. The Balaban J connectivity index is 2.05. The van der Waals surface area contributed by atoms with Gasteiger partial charge in [0.25, 0.3) is 0 Å². The van der Waals surface area contributed by atoms with Crippen LogP contribution in [-0.2, 0) is 12.8 Å². The Labute approximate surface area is 125 Å². The van der Waals surface area contributed by atoms with Crippen molar-refractivity contribution in [2.45, 2.75) is 25.7 Å². The van der Waals surface area contributed by atoms with Crippen molar-refractivity contribution in [3.05, 3.63) is 46.0 Å². The number of halogens is 1. The molecule has 3 rings (SSSR count). The molecule has 0 unspecified atom stereocenters. The molecule has 1 aliphatic rings. The standard InChI is InChI=1S/C14H15BrN4O/c15-10-7-9(14(16)18-20)5-6-12(10)19-8-17-11-3-1-2-4-13(11)19/h5-8,20H,1-4H2,(H2,16,18). The van der Waals surface area contributed by atoms with E-state index < -0.39 is 0 Å². The van der Waals surface area contributed by atoms with Gasteiger partial charge in [0.1, 0.15) is 0 Å². The maximum Gasteiger partial charge on any atom is 0.170 e. The minimum Gasteiger partial charge on any atom is -0.409 e. The van der Waals surface area contributed by atoms with E-state index in [1.165, 1.54) is 24.2 Å². The van der Waals surface area contributed by atoms with Crippen molar-refractivity contribution in [1.82, 2.24) is 9.55 Å². The first-order valence-electron chi connectivity index (χ1n) is 6.53. The van der Waals surface area contributed by atoms with Gasteiger partial charge in [-0.05, 0) is 59.8 Å². The third kappa shape index (κ3) is 2.20. The lowest BCUT2D eigenvalue weighted by Crippen LogP contribution is -2.13. The van der Waals surface area contributed by atoms with Gasteiger partial charge in [0.05, 0.1) is 17.7 Å². The summed E-state index contributed by atoms with van der Waals surface area (Å²) in [5.74, 6) is 0.102. The highest BCUT2D eigenvalue weighted by molar-refractivity contribution is 9.10. The molecular formula is C14H15BrN4O. The molecule has 0 bridgehead atoms. The Bertz CT molecular complexity index is 678. The topological polar surface area (TPSA) is 76.4 Å². The minimum absolute atomic E-state index is 0.102. The summed E-state index contributed by atoms with van der Waals surface area (Å²) in [6.07, 6.45) is 6.41. The van der Waals surface area contributed by atoms with Crippen LogP contribution >= 0.6 is 15.9 Å². The van der Waals surface area contributed by atoms with Gasteiger partial charge in [0.2, 0.25) is 0 Å². The van der Waals surface area contributed by atoms with Crippen LogP contribution in [0.15, 0.2) is 34.2 Å². The molecule has 0 spiro atoms. The van der Waals surface area contributed by atoms with E-state index in [0.717, 1.165) is 23.0 Å². The summed E-state index contributed by atoms with van der Waals surface area (Å²) in [5.41, 5.74) is 9.79. The predicted molar refractivity (Wildman–Crippen MR) is 80.4 cm³/mol. The molecule has 104 valence electrons. The van der Waals surface area contributed by atoms with Gasteiger partial charge in [-0.3, -0.25) is 0 Å². The Hall–Kier alpha value is -1.82. The highest BCUT2D eigenvalue weighted by Gasteiger charge is 2.17. The molecule has 0 aliphatic heterocycles. The Morgan fingerprint density at radius 1 is 1.35 bits per heavy atom. The number of nitrogens with two attached hydrogens (primary N) is 1. The van der Waals surface area contributed by atoms with Crippen LogP contribution in [0.3, 0.4) is 0 Å². The third-order valence-corrected chi connectivity index (χ3v) is 4.28. The number of hydrogen-bond acceptors (Lipinski definition) is 3. The second-order valence-corrected chi connectivity index (χ2v) is 5.72. The van der Waals surface area contributed by atoms with Gasteiger partial charge in [0.15, 0.2) is 5.84 Å². The smallest absolute Gasteiger partial charge is 0.170 e. The van der Waals surface area contributed by atoms with Gasteiger partial charge < -0.3 is 15.5 Å². The lowest BCUT2D eigenvalue weighted by Gasteiger charge is -2.15. The molecular weight excluding hydrogens is 320 g/mol. The summed E-state index contributed by atoms with van der Waals surface area (Å²) in [5, 5.41) is 11.7. The molecule has 20 heavy (non-hydrogen) atoms. The van der Waals surface area contributed by atoms with Crippen molar-refractivity contribution in [3.8, 4) is 5.69 Å². The monoisotopic (exact) mass is 334 g/mol. The molecule has 0 saturated heterocycles. The van der Waals surface area contributed by atoms with Crippen LogP contribution in [-0.4, -0.2) is 20.6 Å².